The molecule has 0 spiro atoms. The highest BCUT2D eigenvalue weighted by Crippen LogP contribution is 2.37. The molecule has 2 heterocycles. The van der Waals surface area contributed by atoms with Gasteiger partial charge in [-0.2, -0.15) is 8.42 Å². The lowest BCUT2D eigenvalue weighted by molar-refractivity contribution is 0.0994. The van der Waals surface area contributed by atoms with E-state index in [2.05, 4.69) is 16.1 Å². The predicted octanol–water partition coefficient (Wildman–Crippen LogP) is 0.679. The molecule has 0 saturated carbocycles. The van der Waals surface area contributed by atoms with Crippen molar-refractivity contribution in [1.29, 1.82) is 0 Å². The Morgan fingerprint density at radius 1 is 1.33 bits per heavy atom. The Morgan fingerprint density at radius 3 is 2.33 bits per heavy atom. The van der Waals surface area contributed by atoms with Gasteiger partial charge in [-0.25, -0.2) is 4.18 Å². The second-order valence-corrected chi connectivity index (χ2v) is 5.69. The van der Waals surface area contributed by atoms with Gasteiger partial charge in [0.15, 0.2) is 0 Å². The summed E-state index contributed by atoms with van der Waals surface area (Å²) in [5, 5.41) is 0. The molecule has 0 amide bonds. The molecule has 5 nitrogen and oxygen atoms in total. The van der Waals surface area contributed by atoms with Crippen LogP contribution < -0.4 is 0 Å². The number of hydrogen-bond donors (Lipinski definition) is 1. The van der Waals surface area contributed by atoms with E-state index in [0.717, 1.165) is 12.8 Å². The Hall–Kier alpha value is -0.170. The van der Waals surface area contributed by atoms with Crippen LogP contribution in [0.4, 0.5) is 0 Å². The van der Waals surface area contributed by atoms with E-state index in [0.29, 0.717) is 12.1 Å². The summed E-state index contributed by atoms with van der Waals surface area (Å²) in [5.41, 5.74) is 0. The maximum absolute atomic E-state index is 10.4. The Bertz CT molecular complexity index is 315. The van der Waals surface area contributed by atoms with E-state index >= 15 is 0 Å². The van der Waals surface area contributed by atoms with Crippen LogP contribution in [0.15, 0.2) is 0 Å². The van der Waals surface area contributed by atoms with Crippen LogP contribution in [0.1, 0.15) is 25.7 Å². The number of hydrogen-bond acceptors (Lipinski definition) is 4. The van der Waals surface area contributed by atoms with Crippen LogP contribution in [0.5, 0.6) is 0 Å². The van der Waals surface area contributed by atoms with Crippen LogP contribution in [0.25, 0.3) is 0 Å². The van der Waals surface area contributed by atoms with Gasteiger partial charge >= 0.3 is 10.4 Å². The minimum absolute atomic E-state index is 0.125. The SMILES string of the molecule is CN1C2CCC1CC(COS(=O)(=O)O)C2. The van der Waals surface area contributed by atoms with Gasteiger partial charge in [-0.3, -0.25) is 4.55 Å². The summed E-state index contributed by atoms with van der Waals surface area (Å²) in [7, 11) is -2.14. The van der Waals surface area contributed by atoms with Crippen molar-refractivity contribution >= 4 is 10.4 Å². The van der Waals surface area contributed by atoms with Crippen LogP contribution in [0.2, 0.25) is 0 Å². The van der Waals surface area contributed by atoms with E-state index < -0.39 is 10.4 Å². The lowest BCUT2D eigenvalue weighted by atomic mass is 9.92. The Kier molecular flexibility index (Phi) is 3.03. The quantitative estimate of drug-likeness (QED) is 0.729. The van der Waals surface area contributed by atoms with Crippen LogP contribution in [-0.2, 0) is 14.6 Å². The first-order valence-electron chi connectivity index (χ1n) is 5.29. The third-order valence-electron chi connectivity index (χ3n) is 3.65. The summed E-state index contributed by atoms with van der Waals surface area (Å²) in [6, 6.07) is 1.14. The first kappa shape index (κ1) is 11.3. The molecule has 0 aromatic rings. The lowest BCUT2D eigenvalue weighted by Gasteiger charge is -2.35. The van der Waals surface area contributed by atoms with E-state index in [9.17, 15) is 8.42 Å². The highest BCUT2D eigenvalue weighted by molar-refractivity contribution is 7.80. The Morgan fingerprint density at radius 2 is 1.87 bits per heavy atom. The summed E-state index contributed by atoms with van der Waals surface area (Å²) < 4.78 is 33.8. The molecule has 2 aliphatic heterocycles. The molecule has 2 fully saturated rings. The molecule has 0 aliphatic carbocycles. The number of fused-ring (bicyclic) bond motifs is 2. The summed E-state index contributed by atoms with van der Waals surface area (Å²) in [5.74, 6) is 0.264. The molecule has 2 unspecified atom stereocenters. The molecule has 2 rings (SSSR count). The lowest BCUT2D eigenvalue weighted by Crippen LogP contribution is -2.41. The van der Waals surface area contributed by atoms with Gasteiger partial charge in [0, 0.05) is 12.1 Å². The molecular formula is C9H17NO4S. The largest absolute Gasteiger partial charge is 0.397 e. The molecule has 88 valence electrons. The minimum atomic E-state index is -4.27. The van der Waals surface area contributed by atoms with Gasteiger partial charge in [-0.15, -0.1) is 0 Å². The van der Waals surface area contributed by atoms with Gasteiger partial charge in [-0.1, -0.05) is 0 Å². The van der Waals surface area contributed by atoms with E-state index in [1.54, 1.807) is 0 Å². The summed E-state index contributed by atoms with van der Waals surface area (Å²) in [4.78, 5) is 2.38. The van der Waals surface area contributed by atoms with E-state index in [1.165, 1.54) is 12.8 Å². The highest BCUT2D eigenvalue weighted by Gasteiger charge is 2.38. The third-order valence-corrected chi connectivity index (χ3v) is 4.08. The normalized spacial score (nSPS) is 37.1. The molecular weight excluding hydrogens is 218 g/mol. The average molecular weight is 235 g/mol. The van der Waals surface area contributed by atoms with Gasteiger partial charge in [0.25, 0.3) is 0 Å². The van der Waals surface area contributed by atoms with Crippen LogP contribution in [0.3, 0.4) is 0 Å². The molecule has 6 heteroatoms. The number of piperidine rings is 1. The van der Waals surface area contributed by atoms with Gasteiger partial charge in [0.2, 0.25) is 0 Å². The zero-order chi connectivity index (χ0) is 11.1. The van der Waals surface area contributed by atoms with Gasteiger partial charge in [-0.05, 0) is 38.6 Å². The van der Waals surface area contributed by atoms with Crippen molar-refractivity contribution in [3.8, 4) is 0 Å². The fourth-order valence-electron chi connectivity index (χ4n) is 2.84. The van der Waals surface area contributed by atoms with E-state index in [-0.39, 0.29) is 12.5 Å². The zero-order valence-electron chi connectivity index (χ0n) is 8.80. The van der Waals surface area contributed by atoms with Gasteiger partial charge in [0.05, 0.1) is 6.61 Å². The number of nitrogens with zero attached hydrogens (tertiary/aromatic N) is 1. The molecule has 2 aliphatic rings. The second kappa shape index (κ2) is 4.01. The fourth-order valence-corrected chi connectivity index (χ4v) is 3.21. The molecule has 2 bridgehead atoms. The highest BCUT2D eigenvalue weighted by atomic mass is 32.3. The molecule has 0 radical (unpaired) electrons. The molecule has 0 aromatic carbocycles. The first-order chi connectivity index (χ1) is 6.96. The minimum Gasteiger partial charge on any atom is -0.300 e. The molecule has 2 atom stereocenters. The zero-order valence-corrected chi connectivity index (χ0v) is 9.61. The van der Waals surface area contributed by atoms with Crippen molar-refractivity contribution in [2.75, 3.05) is 13.7 Å². The van der Waals surface area contributed by atoms with E-state index in [4.69, 9.17) is 4.55 Å². The standard InChI is InChI=1S/C9H17NO4S/c1-10-8-2-3-9(10)5-7(4-8)6-14-15(11,12)13/h7-9H,2-6H2,1H3,(H,11,12,13). The topological polar surface area (TPSA) is 66.8 Å². The van der Waals surface area contributed by atoms with Crippen LogP contribution >= 0.6 is 0 Å². The second-order valence-electron chi connectivity index (χ2n) is 4.60. The monoisotopic (exact) mass is 235 g/mol. The van der Waals surface area contributed by atoms with Crippen LogP contribution in [0, 0.1) is 5.92 Å². The van der Waals surface area contributed by atoms with E-state index in [1.807, 2.05) is 0 Å². The predicted molar refractivity (Wildman–Crippen MR) is 54.8 cm³/mol. The van der Waals surface area contributed by atoms with Crippen molar-refractivity contribution in [3.63, 3.8) is 0 Å². The maximum Gasteiger partial charge on any atom is 0.397 e. The molecule has 1 N–H and O–H groups in total. The fraction of sp³-hybridized carbons (Fsp3) is 1.00. The van der Waals surface area contributed by atoms with Crippen molar-refractivity contribution in [3.05, 3.63) is 0 Å². The van der Waals surface area contributed by atoms with Crippen molar-refractivity contribution in [2.24, 2.45) is 5.92 Å². The van der Waals surface area contributed by atoms with Crippen LogP contribution in [-0.4, -0.2) is 43.6 Å². The van der Waals surface area contributed by atoms with Crippen molar-refractivity contribution < 1.29 is 17.2 Å². The summed E-state index contributed by atoms with van der Waals surface area (Å²) in [6.45, 7) is 0.125. The third kappa shape index (κ3) is 2.69. The molecule has 15 heavy (non-hydrogen) atoms. The smallest absolute Gasteiger partial charge is 0.300 e. The maximum atomic E-state index is 10.4. The molecule has 2 saturated heterocycles. The Labute approximate surface area is 90.4 Å². The number of rotatable bonds is 3. The van der Waals surface area contributed by atoms with Gasteiger partial charge in [0.1, 0.15) is 0 Å². The first-order valence-corrected chi connectivity index (χ1v) is 6.66. The summed E-state index contributed by atoms with van der Waals surface area (Å²) in [6.07, 6.45) is 4.35. The van der Waals surface area contributed by atoms with Gasteiger partial charge < -0.3 is 4.90 Å². The Balaban J connectivity index is 1.87. The molecule has 0 aromatic heterocycles. The summed E-state index contributed by atoms with van der Waals surface area (Å²) >= 11 is 0. The van der Waals surface area contributed by atoms with Crippen molar-refractivity contribution in [2.45, 2.75) is 37.8 Å². The van der Waals surface area contributed by atoms with Crippen molar-refractivity contribution in [1.82, 2.24) is 4.90 Å². The average Bonchev–Trinajstić information content (AvgIpc) is 2.39.